The van der Waals surface area contributed by atoms with Crippen molar-refractivity contribution in [3.63, 3.8) is 0 Å². The fourth-order valence-corrected chi connectivity index (χ4v) is 6.95. The second kappa shape index (κ2) is 11.4. The van der Waals surface area contributed by atoms with Crippen LogP contribution in [-0.2, 0) is 19.2 Å². The van der Waals surface area contributed by atoms with Gasteiger partial charge in [-0.15, -0.1) is 34.9 Å². The number of thioether (sulfide) groups is 2. The number of hydrogen-bond acceptors (Lipinski definition) is 11. The van der Waals surface area contributed by atoms with Crippen molar-refractivity contribution in [1.29, 1.82) is 0 Å². The van der Waals surface area contributed by atoms with Gasteiger partial charge in [-0.1, -0.05) is 11.2 Å². The van der Waals surface area contributed by atoms with E-state index in [1.807, 2.05) is 28.8 Å². The van der Waals surface area contributed by atoms with Crippen molar-refractivity contribution in [2.45, 2.75) is 16.4 Å². The molecule has 5 rings (SSSR count). The Morgan fingerprint density at radius 1 is 1.41 bits per heavy atom. The van der Waals surface area contributed by atoms with Crippen molar-refractivity contribution in [2.24, 2.45) is 5.16 Å². The molecule has 2 aliphatic rings. The van der Waals surface area contributed by atoms with Crippen molar-refractivity contribution in [2.75, 3.05) is 24.3 Å². The number of oxime groups is 1. The summed E-state index contributed by atoms with van der Waals surface area (Å²) < 4.78 is 1.92. The first kappa shape index (κ1) is 27.5. The van der Waals surface area contributed by atoms with E-state index in [0.717, 1.165) is 22.0 Å². The van der Waals surface area contributed by atoms with Crippen LogP contribution in [0.5, 0.6) is 0 Å². The number of anilines is 1. The molecule has 188 valence electrons. The van der Waals surface area contributed by atoms with Gasteiger partial charge in [-0.3, -0.25) is 18.9 Å². The zero-order chi connectivity index (χ0) is 25.4. The van der Waals surface area contributed by atoms with E-state index in [2.05, 4.69) is 20.4 Å². The van der Waals surface area contributed by atoms with Gasteiger partial charge in [-0.25, -0.2) is 14.8 Å². The Hall–Kier alpha value is -2.56. The molecule has 12 nitrogen and oxygen atoms in total. The molecule has 2 amide bonds. The quantitative estimate of drug-likeness (QED) is 0.115. The Bertz CT molecular complexity index is 1440. The predicted octanol–water partition coefficient (Wildman–Crippen LogP) is 0.606. The standard InChI is InChI=1S/C21H19N7O5S3.Na.H/c1-33-26-14(11-9-36-21(22)24-11)17(29)25-15-18(30)28-16(20(31)32)10(8-35-19(15)28)7-34-13-4-2-3-12-23-5-6-27(12)13;;/h2-6,9,15,19H,7-8H2,1H3,(H2,22,24)(H,25,29)(H,31,32);;/b26-14-;;/t15-,19-;;/m1../s1. The number of hydrogen-bond donors (Lipinski definition) is 3. The van der Waals surface area contributed by atoms with E-state index >= 15 is 0 Å². The molecular weight excluding hydrogens is 549 g/mol. The Kier molecular flexibility index (Phi) is 8.50. The third kappa shape index (κ3) is 5.24. The molecule has 0 unspecified atom stereocenters. The Morgan fingerprint density at radius 2 is 2.22 bits per heavy atom. The van der Waals surface area contributed by atoms with E-state index in [1.165, 1.54) is 35.5 Å². The van der Waals surface area contributed by atoms with Crippen LogP contribution in [0.3, 0.4) is 0 Å². The molecule has 4 N–H and O–H groups in total. The van der Waals surface area contributed by atoms with Crippen LogP contribution < -0.4 is 11.1 Å². The number of aromatic nitrogens is 3. The second-order valence-corrected chi connectivity index (χ2v) is 10.6. The van der Waals surface area contributed by atoms with Gasteiger partial charge in [-0.05, 0) is 17.7 Å². The summed E-state index contributed by atoms with van der Waals surface area (Å²) in [4.78, 5) is 52.3. The maximum absolute atomic E-state index is 13.0. The molecule has 0 bridgehead atoms. The zero-order valence-corrected chi connectivity index (χ0v) is 21.1. The SMILES string of the molecule is CO/N=C(\C(=O)N[C@@H]1C(=O)N2C(C(=O)O)=C(CSc3cccc4nccn34)CS[C@H]12)c1csc(N)n1.[NaH]. The number of β-lactam (4-membered cyclic amide) rings is 1. The molecular formula is C21H20N7NaO5S3. The van der Waals surface area contributed by atoms with Gasteiger partial charge in [0.2, 0.25) is 0 Å². The number of amides is 2. The molecule has 0 spiro atoms. The molecule has 2 atom stereocenters. The second-order valence-electron chi connectivity index (χ2n) is 7.62. The average molecular weight is 570 g/mol. The van der Waals surface area contributed by atoms with Gasteiger partial charge >= 0.3 is 35.5 Å². The number of nitrogen functional groups attached to an aromatic ring is 1. The number of nitrogens with two attached hydrogens (primary N) is 1. The summed E-state index contributed by atoms with van der Waals surface area (Å²) in [5, 5.41) is 18.5. The molecule has 0 saturated carbocycles. The van der Waals surface area contributed by atoms with Gasteiger partial charge in [0.25, 0.3) is 11.8 Å². The van der Waals surface area contributed by atoms with Gasteiger partial charge in [0.15, 0.2) is 10.8 Å². The molecule has 1 saturated heterocycles. The Balaban J connectivity index is 0.00000320. The molecule has 0 radical (unpaired) electrons. The van der Waals surface area contributed by atoms with Crippen LogP contribution >= 0.6 is 34.9 Å². The number of pyridine rings is 1. The molecule has 16 heteroatoms. The first-order chi connectivity index (χ1) is 17.4. The topological polar surface area (TPSA) is 165 Å². The number of aliphatic carboxylic acids is 1. The first-order valence-corrected chi connectivity index (χ1v) is 13.4. The van der Waals surface area contributed by atoms with E-state index in [1.54, 1.807) is 11.6 Å². The van der Waals surface area contributed by atoms with Crippen LogP contribution in [0.2, 0.25) is 0 Å². The van der Waals surface area contributed by atoms with E-state index in [-0.39, 0.29) is 51.8 Å². The maximum atomic E-state index is 13.0. The predicted molar refractivity (Wildman–Crippen MR) is 143 cm³/mol. The van der Waals surface area contributed by atoms with Crippen molar-refractivity contribution < 1.29 is 24.3 Å². The van der Waals surface area contributed by atoms with Gasteiger partial charge in [0.1, 0.15) is 35.6 Å². The molecule has 0 aliphatic carbocycles. The molecule has 0 aromatic carbocycles. The minimum absolute atomic E-state index is 0. The van der Waals surface area contributed by atoms with Gasteiger partial charge in [0.05, 0.1) is 5.03 Å². The van der Waals surface area contributed by atoms with Crippen LogP contribution in [0.1, 0.15) is 5.69 Å². The summed E-state index contributed by atoms with van der Waals surface area (Å²) in [6.45, 7) is 0. The Morgan fingerprint density at radius 3 is 2.92 bits per heavy atom. The molecule has 3 aromatic rings. The summed E-state index contributed by atoms with van der Waals surface area (Å²) in [5.74, 6) is -1.58. The summed E-state index contributed by atoms with van der Waals surface area (Å²) >= 11 is 3.99. The summed E-state index contributed by atoms with van der Waals surface area (Å²) in [6, 6.07) is 4.78. The average Bonchev–Trinajstić information content (AvgIpc) is 3.52. The molecule has 3 aromatic heterocycles. The number of carbonyl (C=O) groups is 3. The van der Waals surface area contributed by atoms with E-state index in [9.17, 15) is 19.5 Å². The summed E-state index contributed by atoms with van der Waals surface area (Å²) in [6.07, 6.45) is 3.53. The summed E-state index contributed by atoms with van der Waals surface area (Å²) in [7, 11) is 1.28. The van der Waals surface area contributed by atoms with Gasteiger partial charge in [-0.2, -0.15) is 0 Å². The zero-order valence-electron chi connectivity index (χ0n) is 18.7. The first-order valence-electron chi connectivity index (χ1n) is 10.5. The van der Waals surface area contributed by atoms with Crippen molar-refractivity contribution in [3.05, 3.63) is 52.9 Å². The number of carbonyl (C=O) groups excluding carboxylic acids is 2. The fourth-order valence-electron chi connectivity index (χ4n) is 3.90. The van der Waals surface area contributed by atoms with Crippen molar-refractivity contribution >= 4 is 98.7 Å². The van der Waals surface area contributed by atoms with E-state index in [4.69, 9.17) is 10.6 Å². The molecule has 5 heterocycles. The van der Waals surface area contributed by atoms with Crippen LogP contribution in [0, 0.1) is 0 Å². The third-order valence-corrected chi connectivity index (χ3v) is 8.62. The van der Waals surface area contributed by atoms with Crippen LogP contribution in [0.25, 0.3) is 5.65 Å². The minimum atomic E-state index is -1.19. The van der Waals surface area contributed by atoms with E-state index < -0.39 is 29.2 Å². The summed E-state index contributed by atoms with van der Waals surface area (Å²) in [5.41, 5.74) is 7.11. The van der Waals surface area contributed by atoms with Gasteiger partial charge < -0.3 is 21.0 Å². The number of carboxylic acid groups (broad SMARTS) is 1. The van der Waals surface area contributed by atoms with Crippen LogP contribution in [0.4, 0.5) is 5.13 Å². The number of carboxylic acids is 1. The van der Waals surface area contributed by atoms with Crippen molar-refractivity contribution in [1.82, 2.24) is 24.6 Å². The number of thiazole rings is 1. The Labute approximate surface area is 245 Å². The number of imidazole rings is 1. The monoisotopic (exact) mass is 569 g/mol. The van der Waals surface area contributed by atoms with Crippen LogP contribution in [-0.4, -0.2) is 107 Å². The van der Waals surface area contributed by atoms with Crippen LogP contribution in [0.15, 0.2) is 57.4 Å². The van der Waals surface area contributed by atoms with Gasteiger partial charge in [0, 0.05) is 29.3 Å². The third-order valence-electron chi connectivity index (χ3n) is 5.48. The van der Waals surface area contributed by atoms with E-state index in [0.29, 0.717) is 17.1 Å². The normalized spacial score (nSPS) is 19.2. The van der Waals surface area contributed by atoms with Crippen molar-refractivity contribution in [3.8, 4) is 0 Å². The number of nitrogens with zero attached hydrogens (tertiary/aromatic N) is 5. The fraction of sp³-hybridized carbons (Fsp3) is 0.238. The molecule has 2 aliphatic heterocycles. The number of fused-ring (bicyclic) bond motifs is 2. The molecule has 1 fully saturated rings. The molecule has 37 heavy (non-hydrogen) atoms. The number of nitrogens with one attached hydrogen (secondary N) is 1. The number of rotatable bonds is 8.